The Morgan fingerprint density at radius 1 is 0.824 bits per heavy atom. The van der Waals surface area contributed by atoms with Gasteiger partial charge in [-0.2, -0.15) is 0 Å². The maximum Gasteiger partial charge on any atom is 0.226 e. The van der Waals surface area contributed by atoms with Crippen molar-refractivity contribution < 1.29 is 33.8 Å². The van der Waals surface area contributed by atoms with Gasteiger partial charge in [0.2, 0.25) is 11.8 Å². The lowest BCUT2D eigenvalue weighted by Gasteiger charge is -2.41. The van der Waals surface area contributed by atoms with Crippen LogP contribution in [0.4, 0.5) is 0 Å². The Hall–Kier alpha value is -2.62. The minimum absolute atomic E-state index is 0.00721. The van der Waals surface area contributed by atoms with Crippen LogP contribution in [0, 0.1) is 41.4 Å². The number of ketones is 2. The van der Waals surface area contributed by atoms with Gasteiger partial charge in [0.25, 0.3) is 0 Å². The van der Waals surface area contributed by atoms with Gasteiger partial charge in [-0.25, -0.2) is 0 Å². The van der Waals surface area contributed by atoms with Crippen molar-refractivity contribution in [3.8, 4) is 0 Å². The predicted octanol–water partition coefficient (Wildman–Crippen LogP) is 7.15. The van der Waals surface area contributed by atoms with E-state index < -0.39 is 30.1 Å². The molecular formula is C42H70N2O7. The van der Waals surface area contributed by atoms with Crippen molar-refractivity contribution in [2.45, 2.75) is 138 Å². The monoisotopic (exact) mass is 715 g/mol. The second kappa shape index (κ2) is 21.2. The highest BCUT2D eigenvalue weighted by Crippen LogP contribution is 2.33. The molecular weight excluding hydrogens is 644 g/mol. The molecule has 0 unspecified atom stereocenters. The fraction of sp³-hybridized carbons (Fsp3) is 0.762. The summed E-state index contributed by atoms with van der Waals surface area (Å²) < 4.78 is 12.0. The van der Waals surface area contributed by atoms with Gasteiger partial charge in [0, 0.05) is 58.4 Å². The number of amides is 2. The number of nitrogens with zero attached hydrogens (tertiary/aromatic N) is 2. The third-order valence-corrected chi connectivity index (χ3v) is 11.8. The van der Waals surface area contributed by atoms with Crippen LogP contribution in [0.15, 0.2) is 30.3 Å². The summed E-state index contributed by atoms with van der Waals surface area (Å²) in [5, 5.41) is 10.9. The summed E-state index contributed by atoms with van der Waals surface area (Å²) in [4.78, 5) is 58.9. The van der Waals surface area contributed by atoms with E-state index in [1.807, 2.05) is 69.9 Å². The molecule has 1 aromatic carbocycles. The van der Waals surface area contributed by atoms with Crippen molar-refractivity contribution >= 4 is 23.4 Å². The van der Waals surface area contributed by atoms with Crippen molar-refractivity contribution in [2.75, 3.05) is 27.8 Å². The molecule has 0 saturated carbocycles. The Labute approximate surface area is 309 Å². The highest BCUT2D eigenvalue weighted by Gasteiger charge is 2.43. The van der Waals surface area contributed by atoms with Gasteiger partial charge in [0.05, 0.1) is 36.8 Å². The summed E-state index contributed by atoms with van der Waals surface area (Å²) in [6.07, 6.45) is 1.70. The smallest absolute Gasteiger partial charge is 0.226 e. The molecule has 1 aliphatic heterocycles. The van der Waals surface area contributed by atoms with Gasteiger partial charge in [0.1, 0.15) is 11.6 Å². The fourth-order valence-corrected chi connectivity index (χ4v) is 8.24. The van der Waals surface area contributed by atoms with Gasteiger partial charge in [-0.15, -0.1) is 0 Å². The minimum atomic E-state index is -0.757. The SMILES string of the molecule is CC[C@H](C(=O)C[C@H](C(=O)N(C)[C@@H]([C@@H](C)CC)[C@@H](CC(=O)N1CCC[C@H]1[C@H](OC)[C@@H](C)C(=O)C[C@H](C)[C@@H](O)c1ccccc1)OC)C(C)C)C(C)C. The topological polar surface area (TPSA) is 113 Å². The number of benzene rings is 1. The number of likely N-dealkylation sites (tertiary alicyclic amines) is 1. The second-order valence-electron chi connectivity index (χ2n) is 15.9. The number of ether oxygens (including phenoxy) is 2. The van der Waals surface area contributed by atoms with Crippen molar-refractivity contribution in [3.05, 3.63) is 35.9 Å². The van der Waals surface area contributed by atoms with Gasteiger partial charge in [-0.05, 0) is 48.5 Å². The molecule has 0 aliphatic carbocycles. The van der Waals surface area contributed by atoms with E-state index in [2.05, 4.69) is 27.7 Å². The average Bonchev–Trinajstić information content (AvgIpc) is 3.59. The van der Waals surface area contributed by atoms with E-state index in [9.17, 15) is 24.3 Å². The predicted molar refractivity (Wildman–Crippen MR) is 203 cm³/mol. The van der Waals surface area contributed by atoms with Crippen molar-refractivity contribution in [1.82, 2.24) is 9.80 Å². The standard InChI is InChI=1S/C42H70N2O7/c1-13-28(7)39(43(10)42(49)33(27(5)6)24-36(46)32(14-2)26(3)4)37(50-11)25-38(47)44-22-18-21-34(44)41(51-12)30(9)35(45)23-29(8)40(48)31-19-16-15-17-20-31/h15-17,19-20,26-30,32-34,37,39-41,48H,13-14,18,21-25H2,1-12H3/t28-,29-,30-,32-,33-,34-,37+,39-,40+,41+/m0/s1. The molecule has 290 valence electrons. The number of carbonyl (C=O) groups excluding carboxylic acids is 4. The third kappa shape index (κ3) is 11.7. The van der Waals surface area contributed by atoms with Crippen LogP contribution in [0.5, 0.6) is 0 Å². The lowest BCUT2D eigenvalue weighted by atomic mass is 9.80. The molecule has 1 saturated heterocycles. The number of aliphatic hydroxyl groups excluding tert-OH is 1. The van der Waals surface area contributed by atoms with E-state index in [0.717, 1.165) is 24.8 Å². The van der Waals surface area contributed by atoms with E-state index in [1.54, 1.807) is 26.2 Å². The van der Waals surface area contributed by atoms with Crippen molar-refractivity contribution in [3.63, 3.8) is 0 Å². The Morgan fingerprint density at radius 2 is 1.43 bits per heavy atom. The molecule has 10 atom stereocenters. The van der Waals surface area contributed by atoms with Crippen LogP contribution in [0.1, 0.15) is 119 Å². The normalized spacial score (nSPS) is 20.3. The highest BCUT2D eigenvalue weighted by molar-refractivity contribution is 5.88. The maximum absolute atomic E-state index is 14.2. The quantitative estimate of drug-likeness (QED) is 0.136. The third-order valence-electron chi connectivity index (χ3n) is 11.8. The molecule has 1 fully saturated rings. The molecule has 0 aromatic heterocycles. The Bertz CT molecular complexity index is 1240. The van der Waals surface area contributed by atoms with Crippen LogP contribution in [0.25, 0.3) is 0 Å². The summed E-state index contributed by atoms with van der Waals surface area (Å²) >= 11 is 0. The minimum Gasteiger partial charge on any atom is -0.388 e. The fourth-order valence-electron chi connectivity index (χ4n) is 8.24. The zero-order chi connectivity index (χ0) is 38.6. The summed E-state index contributed by atoms with van der Waals surface area (Å²) in [6, 6.07) is 8.71. The number of likely N-dealkylation sites (N-methyl/N-ethyl adjacent to an activating group) is 1. The number of carbonyl (C=O) groups is 4. The summed E-state index contributed by atoms with van der Waals surface area (Å²) in [5.41, 5.74) is 0.779. The van der Waals surface area contributed by atoms with Crippen molar-refractivity contribution in [1.29, 1.82) is 0 Å². The highest BCUT2D eigenvalue weighted by atomic mass is 16.5. The molecule has 0 spiro atoms. The molecule has 51 heavy (non-hydrogen) atoms. The van der Waals surface area contributed by atoms with Gasteiger partial charge >= 0.3 is 0 Å². The zero-order valence-corrected chi connectivity index (χ0v) is 33.8. The molecule has 1 aliphatic rings. The summed E-state index contributed by atoms with van der Waals surface area (Å²) in [5.74, 6) is -1.14. The number of hydrogen-bond donors (Lipinski definition) is 1. The molecule has 1 heterocycles. The van der Waals surface area contributed by atoms with Gasteiger partial charge < -0.3 is 24.4 Å². The lowest BCUT2D eigenvalue weighted by Crippen LogP contribution is -2.54. The number of rotatable bonds is 22. The number of aliphatic hydroxyl groups is 1. The van der Waals surface area contributed by atoms with E-state index in [1.165, 1.54) is 0 Å². The zero-order valence-electron chi connectivity index (χ0n) is 33.8. The Balaban J connectivity index is 2.24. The second-order valence-corrected chi connectivity index (χ2v) is 15.9. The molecule has 0 bridgehead atoms. The first-order chi connectivity index (χ1) is 24.0. The van der Waals surface area contributed by atoms with Crippen LogP contribution in [-0.2, 0) is 28.7 Å². The molecule has 2 amide bonds. The molecule has 2 rings (SSSR count). The average molecular weight is 715 g/mol. The van der Waals surface area contributed by atoms with Crippen LogP contribution in [0.2, 0.25) is 0 Å². The van der Waals surface area contributed by atoms with Gasteiger partial charge in [-0.1, -0.05) is 99.1 Å². The van der Waals surface area contributed by atoms with Crippen LogP contribution < -0.4 is 0 Å². The molecule has 1 N–H and O–H groups in total. The Morgan fingerprint density at radius 3 is 1.94 bits per heavy atom. The van der Waals surface area contributed by atoms with E-state index in [-0.39, 0.29) is 84.3 Å². The van der Waals surface area contributed by atoms with Crippen LogP contribution >= 0.6 is 0 Å². The molecule has 0 radical (unpaired) electrons. The van der Waals surface area contributed by atoms with Gasteiger partial charge in [0.15, 0.2) is 0 Å². The van der Waals surface area contributed by atoms with Gasteiger partial charge in [-0.3, -0.25) is 19.2 Å². The number of hydrogen-bond acceptors (Lipinski definition) is 7. The first kappa shape index (κ1) is 44.5. The van der Waals surface area contributed by atoms with Crippen LogP contribution in [-0.4, -0.2) is 90.4 Å². The van der Waals surface area contributed by atoms with Crippen LogP contribution in [0.3, 0.4) is 0 Å². The first-order valence-electron chi connectivity index (χ1n) is 19.5. The lowest BCUT2D eigenvalue weighted by molar-refractivity contribution is -0.149. The molecule has 9 heteroatoms. The summed E-state index contributed by atoms with van der Waals surface area (Å²) in [7, 11) is 4.97. The molecule has 1 aromatic rings. The Kier molecular flexibility index (Phi) is 18.5. The van der Waals surface area contributed by atoms with E-state index >= 15 is 0 Å². The maximum atomic E-state index is 14.2. The van der Waals surface area contributed by atoms with E-state index in [4.69, 9.17) is 9.47 Å². The van der Waals surface area contributed by atoms with E-state index in [0.29, 0.717) is 13.0 Å². The summed E-state index contributed by atoms with van der Waals surface area (Å²) in [6.45, 7) is 18.6. The largest absolute Gasteiger partial charge is 0.388 e. The first-order valence-corrected chi connectivity index (χ1v) is 19.5. The van der Waals surface area contributed by atoms with Crippen molar-refractivity contribution in [2.24, 2.45) is 41.4 Å². The number of Topliss-reactive ketones (excluding diaryl/α,β-unsaturated/α-hetero) is 2. The molecule has 9 nitrogen and oxygen atoms in total. The number of methoxy groups -OCH3 is 2.